The van der Waals surface area contributed by atoms with Crippen molar-refractivity contribution in [2.24, 2.45) is 0 Å². The SMILES string of the molecule is CCCCC(=O)Nc1cccc(SC(C(=O)Nc2nc3ccc(C)cc3s2)c2ccccc2)c1. The molecule has 4 rings (SSSR count). The van der Waals surface area contributed by atoms with Crippen LogP contribution in [0.2, 0.25) is 0 Å². The fourth-order valence-electron chi connectivity index (χ4n) is 3.50. The van der Waals surface area contributed by atoms with E-state index >= 15 is 0 Å². The number of anilines is 2. The van der Waals surface area contributed by atoms with Gasteiger partial charge in [-0.15, -0.1) is 11.8 Å². The number of unbranched alkanes of at least 4 members (excludes halogenated alkanes) is 1. The first-order chi connectivity index (χ1) is 16.5. The summed E-state index contributed by atoms with van der Waals surface area (Å²) in [6, 6.07) is 23.4. The van der Waals surface area contributed by atoms with Crippen molar-refractivity contribution in [3.63, 3.8) is 0 Å². The summed E-state index contributed by atoms with van der Waals surface area (Å²) < 4.78 is 1.05. The summed E-state index contributed by atoms with van der Waals surface area (Å²) in [5.74, 6) is -0.128. The van der Waals surface area contributed by atoms with Gasteiger partial charge in [-0.2, -0.15) is 0 Å². The Labute approximate surface area is 208 Å². The molecule has 3 aromatic carbocycles. The number of hydrogen-bond donors (Lipinski definition) is 2. The number of thioether (sulfide) groups is 1. The van der Waals surface area contributed by atoms with Crippen LogP contribution in [0.4, 0.5) is 10.8 Å². The van der Waals surface area contributed by atoms with Gasteiger partial charge in [0.15, 0.2) is 5.13 Å². The topological polar surface area (TPSA) is 71.1 Å². The van der Waals surface area contributed by atoms with Gasteiger partial charge in [0.1, 0.15) is 5.25 Å². The third-order valence-electron chi connectivity index (χ3n) is 5.24. The van der Waals surface area contributed by atoms with Gasteiger partial charge in [-0.3, -0.25) is 9.59 Å². The van der Waals surface area contributed by atoms with E-state index in [1.54, 1.807) is 0 Å². The number of amides is 2. The number of carbonyl (C=O) groups excluding carboxylic acids is 2. The van der Waals surface area contributed by atoms with Gasteiger partial charge >= 0.3 is 0 Å². The summed E-state index contributed by atoms with van der Waals surface area (Å²) in [4.78, 5) is 31.0. The Bertz CT molecular complexity index is 1290. The summed E-state index contributed by atoms with van der Waals surface area (Å²) in [6.45, 7) is 4.11. The fourth-order valence-corrected chi connectivity index (χ4v) is 5.55. The maximum Gasteiger partial charge on any atom is 0.244 e. The molecule has 0 aliphatic carbocycles. The van der Waals surface area contributed by atoms with Gasteiger partial charge in [-0.05, 0) is 54.8 Å². The van der Waals surface area contributed by atoms with Crippen molar-refractivity contribution in [1.29, 1.82) is 0 Å². The zero-order valence-electron chi connectivity index (χ0n) is 19.2. The highest BCUT2D eigenvalue weighted by Crippen LogP contribution is 2.38. The van der Waals surface area contributed by atoms with Crippen molar-refractivity contribution in [2.45, 2.75) is 43.3 Å². The van der Waals surface area contributed by atoms with Crippen molar-refractivity contribution in [3.8, 4) is 0 Å². The average Bonchev–Trinajstić information content (AvgIpc) is 3.23. The molecule has 2 N–H and O–H groups in total. The van der Waals surface area contributed by atoms with Gasteiger partial charge in [-0.1, -0.05) is 67.1 Å². The lowest BCUT2D eigenvalue weighted by atomic mass is 10.1. The van der Waals surface area contributed by atoms with Crippen LogP contribution < -0.4 is 10.6 Å². The number of hydrogen-bond acceptors (Lipinski definition) is 5. The van der Waals surface area contributed by atoms with Gasteiger partial charge in [0.25, 0.3) is 0 Å². The third-order valence-corrected chi connectivity index (χ3v) is 7.43. The molecule has 34 heavy (non-hydrogen) atoms. The summed E-state index contributed by atoms with van der Waals surface area (Å²) in [6.07, 6.45) is 2.35. The molecule has 1 aromatic heterocycles. The molecule has 0 fully saturated rings. The Morgan fingerprint density at radius 2 is 1.82 bits per heavy atom. The summed E-state index contributed by atoms with van der Waals surface area (Å²) >= 11 is 2.93. The second kappa shape index (κ2) is 11.3. The first-order valence-electron chi connectivity index (χ1n) is 11.3. The number of aromatic nitrogens is 1. The maximum absolute atomic E-state index is 13.4. The lowest BCUT2D eigenvalue weighted by Gasteiger charge is -2.17. The molecular weight excluding hydrogens is 462 g/mol. The number of carbonyl (C=O) groups is 2. The van der Waals surface area contributed by atoms with Crippen molar-refractivity contribution < 1.29 is 9.59 Å². The number of thiazole rings is 1. The highest BCUT2D eigenvalue weighted by molar-refractivity contribution is 8.00. The highest BCUT2D eigenvalue weighted by Gasteiger charge is 2.23. The zero-order valence-corrected chi connectivity index (χ0v) is 20.8. The Balaban J connectivity index is 1.54. The second-order valence-corrected chi connectivity index (χ2v) is 10.3. The smallest absolute Gasteiger partial charge is 0.244 e. The molecule has 1 heterocycles. The van der Waals surface area contributed by atoms with Crippen LogP contribution in [0.25, 0.3) is 10.2 Å². The molecule has 0 aliphatic rings. The molecule has 2 amide bonds. The first-order valence-corrected chi connectivity index (χ1v) is 13.0. The molecule has 4 aromatic rings. The van der Waals surface area contributed by atoms with Crippen LogP contribution in [0.3, 0.4) is 0 Å². The van der Waals surface area contributed by atoms with Crippen LogP contribution in [0.15, 0.2) is 77.7 Å². The molecule has 0 spiro atoms. The minimum atomic E-state index is -0.471. The maximum atomic E-state index is 13.4. The number of fused-ring (bicyclic) bond motifs is 1. The normalized spacial score (nSPS) is 11.8. The number of rotatable bonds is 9. The first kappa shape index (κ1) is 24.0. The summed E-state index contributed by atoms with van der Waals surface area (Å²) in [5, 5.41) is 6.09. The van der Waals surface area contributed by atoms with E-state index in [1.165, 1.54) is 23.1 Å². The molecule has 7 heteroatoms. The van der Waals surface area contributed by atoms with Gasteiger partial charge < -0.3 is 10.6 Å². The molecule has 174 valence electrons. The molecule has 1 atom stereocenters. The Morgan fingerprint density at radius 1 is 1.00 bits per heavy atom. The third kappa shape index (κ3) is 6.24. The molecule has 0 aliphatic heterocycles. The van der Waals surface area contributed by atoms with E-state index in [-0.39, 0.29) is 11.8 Å². The zero-order chi connectivity index (χ0) is 23.9. The minimum absolute atomic E-state index is 0.00688. The Morgan fingerprint density at radius 3 is 2.62 bits per heavy atom. The monoisotopic (exact) mass is 489 g/mol. The van der Waals surface area contributed by atoms with Crippen LogP contribution in [0.5, 0.6) is 0 Å². The van der Waals surface area contributed by atoms with Crippen molar-refractivity contribution in [2.75, 3.05) is 10.6 Å². The number of aryl methyl sites for hydroxylation is 1. The number of nitrogens with zero attached hydrogens (tertiary/aromatic N) is 1. The largest absolute Gasteiger partial charge is 0.326 e. The van der Waals surface area contributed by atoms with E-state index in [0.29, 0.717) is 11.6 Å². The van der Waals surface area contributed by atoms with E-state index in [9.17, 15) is 9.59 Å². The van der Waals surface area contributed by atoms with Crippen LogP contribution >= 0.6 is 23.1 Å². The van der Waals surface area contributed by atoms with E-state index in [0.717, 1.165) is 44.8 Å². The highest BCUT2D eigenvalue weighted by atomic mass is 32.2. The lowest BCUT2D eigenvalue weighted by Crippen LogP contribution is -2.19. The summed E-state index contributed by atoms with van der Waals surface area (Å²) in [7, 11) is 0. The van der Waals surface area contributed by atoms with E-state index < -0.39 is 5.25 Å². The molecular formula is C27H27N3O2S2. The van der Waals surface area contributed by atoms with Crippen molar-refractivity contribution in [1.82, 2.24) is 4.98 Å². The number of nitrogens with one attached hydrogen (secondary N) is 2. The average molecular weight is 490 g/mol. The van der Waals surface area contributed by atoms with Crippen molar-refractivity contribution >= 4 is 55.9 Å². The van der Waals surface area contributed by atoms with Gasteiger partial charge in [0.2, 0.25) is 11.8 Å². The van der Waals surface area contributed by atoms with Crippen LogP contribution in [0, 0.1) is 6.92 Å². The van der Waals surface area contributed by atoms with E-state index in [4.69, 9.17) is 0 Å². The van der Waals surface area contributed by atoms with Crippen LogP contribution in [0.1, 0.15) is 42.6 Å². The van der Waals surface area contributed by atoms with E-state index in [2.05, 4.69) is 28.6 Å². The van der Waals surface area contributed by atoms with Gasteiger partial charge in [0.05, 0.1) is 10.2 Å². The quantitative estimate of drug-likeness (QED) is 0.244. The lowest BCUT2D eigenvalue weighted by molar-refractivity contribution is -0.116. The molecule has 0 saturated heterocycles. The Kier molecular flexibility index (Phi) is 7.98. The van der Waals surface area contributed by atoms with Gasteiger partial charge in [0, 0.05) is 17.0 Å². The standard InChI is InChI=1S/C27H27N3O2S2/c1-3-4-13-24(31)28-20-11-8-12-21(17-20)33-25(19-9-6-5-7-10-19)26(32)30-27-29-22-15-14-18(2)16-23(22)34-27/h5-12,14-17,25H,3-4,13H2,1-2H3,(H,28,31)(H,29,30,32). The Hall–Kier alpha value is -3.16. The van der Waals surface area contributed by atoms with Crippen LogP contribution in [-0.4, -0.2) is 16.8 Å². The molecule has 0 radical (unpaired) electrons. The van der Waals surface area contributed by atoms with Crippen LogP contribution in [-0.2, 0) is 9.59 Å². The molecule has 0 saturated carbocycles. The fraction of sp³-hybridized carbons (Fsp3) is 0.222. The molecule has 1 unspecified atom stereocenters. The summed E-state index contributed by atoms with van der Waals surface area (Å²) in [5.41, 5.74) is 3.67. The molecule has 5 nitrogen and oxygen atoms in total. The predicted octanol–water partition coefficient (Wildman–Crippen LogP) is 7.21. The van der Waals surface area contributed by atoms with Crippen molar-refractivity contribution in [3.05, 3.63) is 83.9 Å². The minimum Gasteiger partial charge on any atom is -0.326 e. The second-order valence-electron chi connectivity index (χ2n) is 8.07. The predicted molar refractivity (Wildman–Crippen MR) is 143 cm³/mol. The number of benzene rings is 3. The molecule has 0 bridgehead atoms. The van der Waals surface area contributed by atoms with E-state index in [1.807, 2.05) is 73.7 Å². The van der Waals surface area contributed by atoms with Gasteiger partial charge in [-0.25, -0.2) is 4.98 Å².